The third-order valence-corrected chi connectivity index (χ3v) is 3.69. The van der Waals surface area contributed by atoms with Gasteiger partial charge in [-0.15, -0.1) is 0 Å². The van der Waals surface area contributed by atoms with Gasteiger partial charge in [0.15, 0.2) is 11.5 Å². The van der Waals surface area contributed by atoms with Gasteiger partial charge in [0, 0.05) is 18.0 Å². The molecule has 8 nitrogen and oxygen atoms in total. The van der Waals surface area contributed by atoms with Crippen LogP contribution in [0.5, 0.6) is 11.5 Å². The summed E-state index contributed by atoms with van der Waals surface area (Å²) in [5, 5.41) is 5.81. The summed E-state index contributed by atoms with van der Waals surface area (Å²) in [6.45, 7) is 1.44. The zero-order chi connectivity index (χ0) is 17.8. The Morgan fingerprint density at radius 3 is 2.85 bits per heavy atom. The maximum absolute atomic E-state index is 12.4. The molecule has 2 aromatic heterocycles. The molecule has 1 aromatic carbocycles. The molecule has 1 aliphatic rings. The van der Waals surface area contributed by atoms with Crippen LogP contribution in [0.2, 0.25) is 0 Å². The fourth-order valence-electron chi connectivity index (χ4n) is 2.47. The van der Waals surface area contributed by atoms with Gasteiger partial charge < -0.3 is 24.5 Å². The second-order valence-electron chi connectivity index (χ2n) is 5.51. The number of hydrogen-bond donors (Lipinski definition) is 2. The summed E-state index contributed by atoms with van der Waals surface area (Å²) in [5.74, 6) is 2.03. The number of anilines is 2. The van der Waals surface area contributed by atoms with E-state index in [4.69, 9.17) is 13.9 Å². The molecule has 4 rings (SSSR count). The molecule has 8 heteroatoms. The highest BCUT2D eigenvalue weighted by atomic mass is 16.6. The fourth-order valence-corrected chi connectivity index (χ4v) is 2.47. The highest BCUT2D eigenvalue weighted by Crippen LogP contribution is 2.32. The van der Waals surface area contributed by atoms with E-state index >= 15 is 0 Å². The van der Waals surface area contributed by atoms with Crippen LogP contribution in [0.1, 0.15) is 16.2 Å². The van der Waals surface area contributed by atoms with Crippen molar-refractivity contribution in [1.82, 2.24) is 9.97 Å². The van der Waals surface area contributed by atoms with Crippen LogP contribution in [0, 0.1) is 0 Å². The van der Waals surface area contributed by atoms with Gasteiger partial charge in [-0.05, 0) is 30.3 Å². The molecule has 0 fully saturated rings. The number of carbonyl (C=O) groups is 1. The van der Waals surface area contributed by atoms with Gasteiger partial charge >= 0.3 is 0 Å². The number of aromatic nitrogens is 2. The Hall–Kier alpha value is -3.55. The Labute approximate surface area is 149 Å². The van der Waals surface area contributed by atoms with E-state index in [1.807, 2.05) is 6.07 Å². The minimum absolute atomic E-state index is 0.247. The number of furan rings is 1. The molecule has 0 radical (unpaired) electrons. The molecule has 0 aliphatic carbocycles. The molecule has 1 aliphatic heterocycles. The molecule has 0 atom stereocenters. The lowest BCUT2D eigenvalue weighted by Gasteiger charge is -2.19. The van der Waals surface area contributed by atoms with Gasteiger partial charge in [0.1, 0.15) is 24.7 Å². The molecule has 3 heterocycles. The Morgan fingerprint density at radius 1 is 1.12 bits per heavy atom. The number of fused-ring (bicyclic) bond motifs is 1. The number of nitrogens with one attached hydrogen (secondary N) is 2. The number of hydrogen-bond acceptors (Lipinski definition) is 7. The Balaban J connectivity index is 1.43. The maximum Gasteiger partial charge on any atom is 0.274 e. The molecule has 1 amide bonds. The smallest absolute Gasteiger partial charge is 0.274 e. The molecular formula is C18H16N4O4. The van der Waals surface area contributed by atoms with E-state index in [0.717, 1.165) is 5.76 Å². The first-order chi connectivity index (χ1) is 12.8. The fraction of sp³-hybridized carbons (Fsp3) is 0.167. The van der Waals surface area contributed by atoms with Gasteiger partial charge in [-0.3, -0.25) is 4.79 Å². The second-order valence-corrected chi connectivity index (χ2v) is 5.51. The molecule has 132 valence electrons. The minimum atomic E-state index is -0.342. The Kier molecular flexibility index (Phi) is 4.38. The zero-order valence-corrected chi connectivity index (χ0v) is 13.8. The van der Waals surface area contributed by atoms with Crippen molar-refractivity contribution in [2.45, 2.75) is 6.54 Å². The molecule has 3 aromatic rings. The van der Waals surface area contributed by atoms with Crippen molar-refractivity contribution in [3.05, 3.63) is 60.3 Å². The quantitative estimate of drug-likeness (QED) is 0.728. The second kappa shape index (κ2) is 7.14. The monoisotopic (exact) mass is 352 g/mol. The summed E-state index contributed by atoms with van der Waals surface area (Å²) < 4.78 is 16.2. The van der Waals surface area contributed by atoms with Crippen LogP contribution in [0.3, 0.4) is 0 Å². The Bertz CT molecular complexity index is 911. The predicted molar refractivity (Wildman–Crippen MR) is 93.5 cm³/mol. The molecular weight excluding hydrogens is 336 g/mol. The van der Waals surface area contributed by atoms with Crippen molar-refractivity contribution in [2.24, 2.45) is 0 Å². The normalized spacial score (nSPS) is 12.5. The van der Waals surface area contributed by atoms with E-state index in [1.165, 1.54) is 6.20 Å². The third-order valence-electron chi connectivity index (χ3n) is 3.69. The summed E-state index contributed by atoms with van der Waals surface area (Å²) in [6, 6.07) is 10.4. The lowest BCUT2D eigenvalue weighted by Crippen LogP contribution is -2.17. The van der Waals surface area contributed by atoms with Gasteiger partial charge in [0.25, 0.3) is 5.91 Å². The number of nitrogens with zero attached hydrogens (tertiary/aromatic N) is 2. The van der Waals surface area contributed by atoms with E-state index in [0.29, 0.717) is 42.9 Å². The van der Waals surface area contributed by atoms with Crippen LogP contribution in [-0.2, 0) is 6.54 Å². The van der Waals surface area contributed by atoms with Crippen molar-refractivity contribution in [3.63, 3.8) is 0 Å². The summed E-state index contributed by atoms with van der Waals surface area (Å²) >= 11 is 0. The first-order valence-electron chi connectivity index (χ1n) is 8.08. The predicted octanol–water partition coefficient (Wildman–Crippen LogP) is 2.71. The van der Waals surface area contributed by atoms with Crippen molar-refractivity contribution < 1.29 is 18.7 Å². The largest absolute Gasteiger partial charge is 0.486 e. The third kappa shape index (κ3) is 3.59. The number of amides is 1. The van der Waals surface area contributed by atoms with Crippen LogP contribution < -0.4 is 20.1 Å². The van der Waals surface area contributed by atoms with Crippen molar-refractivity contribution >= 4 is 17.5 Å². The molecule has 0 spiro atoms. The average molecular weight is 352 g/mol. The van der Waals surface area contributed by atoms with E-state index in [1.54, 1.807) is 36.6 Å². The van der Waals surface area contributed by atoms with Gasteiger partial charge in [-0.2, -0.15) is 0 Å². The minimum Gasteiger partial charge on any atom is -0.486 e. The molecule has 2 N–H and O–H groups in total. The summed E-state index contributed by atoms with van der Waals surface area (Å²) in [7, 11) is 0. The topological polar surface area (TPSA) is 98.5 Å². The van der Waals surface area contributed by atoms with E-state index in [-0.39, 0.29) is 11.6 Å². The number of rotatable bonds is 5. The number of carbonyl (C=O) groups excluding carboxylic acids is 1. The van der Waals surface area contributed by atoms with Crippen LogP contribution in [0.25, 0.3) is 0 Å². The van der Waals surface area contributed by atoms with Crippen LogP contribution in [0.4, 0.5) is 11.6 Å². The Morgan fingerprint density at radius 2 is 2.00 bits per heavy atom. The van der Waals surface area contributed by atoms with E-state index in [2.05, 4.69) is 20.6 Å². The molecule has 0 saturated carbocycles. The van der Waals surface area contributed by atoms with Gasteiger partial charge in [-0.25, -0.2) is 9.97 Å². The highest BCUT2D eigenvalue weighted by Gasteiger charge is 2.14. The summed E-state index contributed by atoms with van der Waals surface area (Å²) in [5.41, 5.74) is 0.847. The lowest BCUT2D eigenvalue weighted by atomic mass is 10.2. The molecule has 26 heavy (non-hydrogen) atoms. The SMILES string of the molecule is O=C(Nc1ccc2c(c1)OCCO2)c1ccnc(NCc2ccco2)n1. The zero-order valence-electron chi connectivity index (χ0n) is 13.8. The molecule has 0 bridgehead atoms. The first kappa shape index (κ1) is 15.9. The summed E-state index contributed by atoms with van der Waals surface area (Å²) in [4.78, 5) is 20.8. The van der Waals surface area contributed by atoms with Crippen molar-refractivity contribution in [3.8, 4) is 11.5 Å². The van der Waals surface area contributed by atoms with Crippen molar-refractivity contribution in [2.75, 3.05) is 23.8 Å². The van der Waals surface area contributed by atoms with Gasteiger partial charge in [-0.1, -0.05) is 0 Å². The maximum atomic E-state index is 12.4. The summed E-state index contributed by atoms with van der Waals surface area (Å²) in [6.07, 6.45) is 3.12. The van der Waals surface area contributed by atoms with Crippen LogP contribution in [-0.4, -0.2) is 29.1 Å². The lowest BCUT2D eigenvalue weighted by molar-refractivity contribution is 0.102. The highest BCUT2D eigenvalue weighted by molar-refractivity contribution is 6.03. The first-order valence-corrected chi connectivity index (χ1v) is 8.08. The van der Waals surface area contributed by atoms with Crippen LogP contribution >= 0.6 is 0 Å². The molecule has 0 saturated heterocycles. The van der Waals surface area contributed by atoms with Crippen molar-refractivity contribution in [1.29, 1.82) is 0 Å². The number of ether oxygens (including phenoxy) is 2. The van der Waals surface area contributed by atoms with Gasteiger partial charge in [0.05, 0.1) is 12.8 Å². The standard InChI is InChI=1S/C18H16N4O4/c23-17(21-12-3-4-15-16(10-12)26-9-8-25-15)14-5-6-19-18(22-14)20-11-13-2-1-7-24-13/h1-7,10H,8-9,11H2,(H,21,23)(H,19,20,22). The van der Waals surface area contributed by atoms with Crippen LogP contribution in [0.15, 0.2) is 53.3 Å². The van der Waals surface area contributed by atoms with Gasteiger partial charge in [0.2, 0.25) is 5.95 Å². The van der Waals surface area contributed by atoms with E-state index in [9.17, 15) is 4.79 Å². The van der Waals surface area contributed by atoms with E-state index < -0.39 is 0 Å². The number of benzene rings is 1. The molecule has 0 unspecified atom stereocenters. The average Bonchev–Trinajstić information content (AvgIpc) is 3.20.